The van der Waals surface area contributed by atoms with Crippen LogP contribution in [0.3, 0.4) is 0 Å². The Morgan fingerprint density at radius 2 is 2.25 bits per heavy atom. The summed E-state index contributed by atoms with van der Waals surface area (Å²) in [4.78, 5) is 10.0. The van der Waals surface area contributed by atoms with Crippen molar-refractivity contribution in [1.82, 2.24) is 15.6 Å². The molecule has 64 valence electrons. The first-order chi connectivity index (χ1) is 5.68. The zero-order chi connectivity index (χ0) is 8.97. The van der Waals surface area contributed by atoms with E-state index in [-0.39, 0.29) is 0 Å². The normalized spacial score (nSPS) is 9.08. The summed E-state index contributed by atoms with van der Waals surface area (Å²) in [5.41, 5.74) is 5.07. The maximum Gasteiger partial charge on any atom is 0.423 e. The number of amides is 1. The number of nitrogens with one attached hydrogen (secondary N) is 2. The highest BCUT2D eigenvalue weighted by molar-refractivity contribution is 5.66. The van der Waals surface area contributed by atoms with Crippen molar-refractivity contribution in [2.45, 2.75) is 6.92 Å². The number of aromatic nitrogens is 2. The molecule has 0 radical (unpaired) electrons. The molecule has 6 nitrogen and oxygen atoms in total. The molecule has 0 saturated heterocycles. The molecule has 0 aliphatic rings. The molecule has 1 aromatic rings. The molecule has 1 rings (SSSR count). The Kier molecular flexibility index (Phi) is 2.42. The van der Waals surface area contributed by atoms with E-state index in [4.69, 9.17) is 5.11 Å². The van der Waals surface area contributed by atoms with E-state index in [0.29, 0.717) is 5.82 Å². The van der Waals surface area contributed by atoms with Crippen LogP contribution in [0.1, 0.15) is 5.69 Å². The van der Waals surface area contributed by atoms with E-state index >= 15 is 0 Å². The molecule has 0 aliphatic heterocycles. The van der Waals surface area contributed by atoms with Gasteiger partial charge in [-0.3, -0.25) is 5.43 Å². The largest absolute Gasteiger partial charge is 0.464 e. The second-order valence-electron chi connectivity index (χ2n) is 2.12. The first-order valence-electron chi connectivity index (χ1n) is 3.24. The Morgan fingerprint density at radius 3 is 2.75 bits per heavy atom. The molecule has 0 fully saturated rings. The van der Waals surface area contributed by atoms with E-state index in [2.05, 4.69) is 15.6 Å². The molecular weight excluding hydrogens is 160 g/mol. The molecule has 0 aromatic carbocycles. The predicted molar refractivity (Wildman–Crippen MR) is 41.6 cm³/mol. The fraction of sp³-hybridized carbons (Fsp3) is 0.167. The van der Waals surface area contributed by atoms with Crippen LogP contribution in [0.5, 0.6) is 0 Å². The third kappa shape index (κ3) is 2.41. The van der Waals surface area contributed by atoms with Crippen LogP contribution in [0.2, 0.25) is 0 Å². The molecule has 0 atom stereocenters. The third-order valence-electron chi connectivity index (χ3n) is 1.10. The zero-order valence-corrected chi connectivity index (χ0v) is 6.40. The van der Waals surface area contributed by atoms with Crippen LogP contribution in [-0.2, 0) is 0 Å². The van der Waals surface area contributed by atoms with Crippen molar-refractivity contribution in [1.29, 1.82) is 0 Å². The lowest BCUT2D eigenvalue weighted by Crippen LogP contribution is -2.27. The summed E-state index contributed by atoms with van der Waals surface area (Å²) in [7, 11) is 0. The summed E-state index contributed by atoms with van der Waals surface area (Å²) in [6.07, 6.45) is -1.17. The van der Waals surface area contributed by atoms with Gasteiger partial charge >= 0.3 is 6.09 Å². The van der Waals surface area contributed by atoms with Crippen LogP contribution < -0.4 is 10.9 Å². The van der Waals surface area contributed by atoms with Gasteiger partial charge in [0.25, 0.3) is 0 Å². The van der Waals surface area contributed by atoms with E-state index in [1.54, 1.807) is 19.1 Å². The van der Waals surface area contributed by atoms with Crippen LogP contribution >= 0.6 is 0 Å². The lowest BCUT2D eigenvalue weighted by atomic mass is 10.4. The van der Waals surface area contributed by atoms with E-state index in [1.807, 2.05) is 5.43 Å². The fourth-order valence-electron chi connectivity index (χ4n) is 0.583. The summed E-state index contributed by atoms with van der Waals surface area (Å²) < 4.78 is 0. The molecule has 0 spiro atoms. The Morgan fingerprint density at radius 1 is 1.50 bits per heavy atom. The first-order valence-corrected chi connectivity index (χ1v) is 3.24. The minimum Gasteiger partial charge on any atom is -0.464 e. The number of hydrogen-bond acceptors (Lipinski definition) is 4. The third-order valence-corrected chi connectivity index (χ3v) is 1.10. The van der Waals surface area contributed by atoms with Crippen LogP contribution in [0.15, 0.2) is 12.1 Å². The first kappa shape index (κ1) is 8.25. The summed E-state index contributed by atoms with van der Waals surface area (Å²) in [5, 5.41) is 15.6. The van der Waals surface area contributed by atoms with Crippen molar-refractivity contribution >= 4 is 11.9 Å². The van der Waals surface area contributed by atoms with Crippen molar-refractivity contribution in [2.24, 2.45) is 0 Å². The number of carboxylic acid groups (broad SMARTS) is 1. The summed E-state index contributed by atoms with van der Waals surface area (Å²) in [6, 6.07) is 3.34. The highest BCUT2D eigenvalue weighted by Crippen LogP contribution is 1.98. The molecular formula is C6H8N4O2. The molecule has 12 heavy (non-hydrogen) atoms. The van der Waals surface area contributed by atoms with Gasteiger partial charge < -0.3 is 5.11 Å². The van der Waals surface area contributed by atoms with Crippen LogP contribution in [-0.4, -0.2) is 21.4 Å². The lowest BCUT2D eigenvalue weighted by Gasteiger charge is -2.02. The van der Waals surface area contributed by atoms with Crippen LogP contribution in [0, 0.1) is 6.92 Å². The number of hydrazine groups is 1. The molecule has 1 aromatic heterocycles. The van der Waals surface area contributed by atoms with E-state index in [0.717, 1.165) is 5.69 Å². The van der Waals surface area contributed by atoms with Gasteiger partial charge in [-0.05, 0) is 19.1 Å². The highest BCUT2D eigenvalue weighted by Gasteiger charge is 1.95. The predicted octanol–water partition coefficient (Wildman–Crippen LogP) is 0.380. The maximum absolute atomic E-state index is 10.0. The van der Waals surface area contributed by atoms with Crippen molar-refractivity contribution in [3.05, 3.63) is 17.8 Å². The van der Waals surface area contributed by atoms with E-state index < -0.39 is 6.09 Å². The monoisotopic (exact) mass is 168 g/mol. The number of nitrogens with zero attached hydrogens (tertiary/aromatic N) is 2. The van der Waals surface area contributed by atoms with Gasteiger partial charge in [0, 0.05) is 0 Å². The molecule has 0 aliphatic carbocycles. The van der Waals surface area contributed by atoms with Crippen molar-refractivity contribution < 1.29 is 9.90 Å². The molecule has 0 bridgehead atoms. The zero-order valence-electron chi connectivity index (χ0n) is 6.40. The minimum absolute atomic E-state index is 0.364. The average Bonchev–Trinajstić information content (AvgIpc) is 2.03. The summed E-state index contributed by atoms with van der Waals surface area (Å²) in [6.45, 7) is 1.79. The number of rotatable bonds is 2. The Hall–Kier alpha value is -1.85. The Labute approximate surface area is 68.6 Å². The fourth-order valence-corrected chi connectivity index (χ4v) is 0.583. The lowest BCUT2D eigenvalue weighted by molar-refractivity contribution is 0.197. The molecule has 1 amide bonds. The molecule has 3 N–H and O–H groups in total. The smallest absolute Gasteiger partial charge is 0.423 e. The number of carbonyl (C=O) groups is 1. The average molecular weight is 168 g/mol. The van der Waals surface area contributed by atoms with Gasteiger partial charge in [0.1, 0.15) is 0 Å². The summed E-state index contributed by atoms with van der Waals surface area (Å²) in [5.74, 6) is 0.364. The van der Waals surface area contributed by atoms with Crippen molar-refractivity contribution in [3.8, 4) is 0 Å². The molecule has 1 heterocycles. The van der Waals surface area contributed by atoms with Crippen molar-refractivity contribution in [2.75, 3.05) is 5.43 Å². The quantitative estimate of drug-likeness (QED) is 0.555. The van der Waals surface area contributed by atoms with Gasteiger partial charge in [-0.1, -0.05) is 0 Å². The van der Waals surface area contributed by atoms with Gasteiger partial charge in [-0.2, -0.15) is 5.10 Å². The molecule has 0 saturated carbocycles. The van der Waals surface area contributed by atoms with Gasteiger partial charge in [0.15, 0.2) is 5.82 Å². The SMILES string of the molecule is Cc1ccc(NNC(=O)O)nn1. The number of hydrogen-bond donors (Lipinski definition) is 3. The van der Waals surface area contributed by atoms with Gasteiger partial charge in [-0.15, -0.1) is 5.10 Å². The number of aryl methyl sites for hydroxylation is 1. The minimum atomic E-state index is -1.17. The highest BCUT2D eigenvalue weighted by atomic mass is 16.4. The Bertz CT molecular complexity index is 271. The van der Waals surface area contributed by atoms with E-state index in [1.165, 1.54) is 0 Å². The Balaban J connectivity index is 2.53. The van der Waals surface area contributed by atoms with Crippen molar-refractivity contribution in [3.63, 3.8) is 0 Å². The topological polar surface area (TPSA) is 87.1 Å². The van der Waals surface area contributed by atoms with Gasteiger partial charge in [0.05, 0.1) is 5.69 Å². The van der Waals surface area contributed by atoms with Crippen LogP contribution in [0.25, 0.3) is 0 Å². The van der Waals surface area contributed by atoms with Gasteiger partial charge in [-0.25, -0.2) is 10.2 Å². The second-order valence-corrected chi connectivity index (χ2v) is 2.12. The van der Waals surface area contributed by atoms with Crippen LogP contribution in [0.4, 0.5) is 10.6 Å². The maximum atomic E-state index is 10.0. The molecule has 6 heteroatoms. The standard InChI is InChI=1S/C6H8N4O2/c1-4-2-3-5(8-7-4)9-10-6(11)12/h2-3,10H,1H3,(H,8,9)(H,11,12). The van der Waals surface area contributed by atoms with E-state index in [9.17, 15) is 4.79 Å². The summed E-state index contributed by atoms with van der Waals surface area (Å²) >= 11 is 0. The molecule has 0 unspecified atom stereocenters. The van der Waals surface area contributed by atoms with Gasteiger partial charge in [0.2, 0.25) is 0 Å². The second kappa shape index (κ2) is 3.51. The number of anilines is 1.